The number of carbonyl (C=O) groups excluding carboxylic acids is 4. The van der Waals surface area contributed by atoms with Gasteiger partial charge in [-0.15, -0.1) is 0 Å². The Morgan fingerprint density at radius 2 is 1.59 bits per heavy atom. The van der Waals surface area contributed by atoms with E-state index in [2.05, 4.69) is 0 Å². The molecule has 0 unspecified atom stereocenters. The molecule has 1 aromatic rings. The molecule has 1 fully saturated rings. The highest BCUT2D eigenvalue weighted by atomic mass is 16.5. The highest BCUT2D eigenvalue weighted by Gasteiger charge is 2.44. The van der Waals surface area contributed by atoms with Crippen LogP contribution in [0, 0.1) is 6.92 Å². The molecule has 0 radical (unpaired) electrons. The summed E-state index contributed by atoms with van der Waals surface area (Å²) in [6.45, 7) is 3.30. The highest BCUT2D eigenvalue weighted by molar-refractivity contribution is 6.45. The average molecular weight is 377 g/mol. The minimum Gasteiger partial charge on any atom is -0.493 e. The number of ether oxygens (including phenoxy) is 2. The van der Waals surface area contributed by atoms with Gasteiger partial charge in [-0.1, -0.05) is 0 Å². The van der Waals surface area contributed by atoms with Crippen molar-refractivity contribution in [3.63, 3.8) is 0 Å². The summed E-state index contributed by atoms with van der Waals surface area (Å²) >= 11 is 0. The van der Waals surface area contributed by atoms with E-state index in [9.17, 15) is 19.2 Å². The van der Waals surface area contributed by atoms with Gasteiger partial charge in [0.1, 0.15) is 6.54 Å². The second kappa shape index (κ2) is 8.07. The van der Waals surface area contributed by atoms with Crippen molar-refractivity contribution >= 4 is 23.8 Å². The van der Waals surface area contributed by atoms with Gasteiger partial charge in [-0.3, -0.25) is 19.3 Å². The number of nitrogens with zero attached hydrogens (tertiary/aromatic N) is 3. The topological polar surface area (TPSA) is 96.5 Å². The fourth-order valence-electron chi connectivity index (χ4n) is 2.76. The molecule has 9 heteroatoms. The number of urea groups is 1. The SMILES string of the molecule is CCN1C(=O)C(=O)N(CC(=O)N(C)Cc2cc(OC)c(OC)cc2C)C1=O. The Bertz CT molecular complexity index is 792. The first-order chi connectivity index (χ1) is 12.7. The van der Waals surface area contributed by atoms with Crippen molar-refractivity contribution in [1.82, 2.24) is 14.7 Å². The summed E-state index contributed by atoms with van der Waals surface area (Å²) in [6, 6.07) is 2.81. The van der Waals surface area contributed by atoms with Crippen LogP contribution in [0.4, 0.5) is 4.79 Å². The zero-order chi connectivity index (χ0) is 20.3. The average Bonchev–Trinajstić information content (AvgIpc) is 2.85. The number of imide groups is 2. The molecule has 2 rings (SSSR count). The molecule has 1 aliphatic heterocycles. The molecule has 0 aliphatic carbocycles. The molecule has 1 heterocycles. The molecule has 27 heavy (non-hydrogen) atoms. The predicted octanol–water partition coefficient (Wildman–Crippen LogP) is 0.781. The molecule has 9 nitrogen and oxygen atoms in total. The van der Waals surface area contributed by atoms with Gasteiger partial charge in [-0.05, 0) is 37.1 Å². The molecule has 1 aliphatic rings. The lowest BCUT2D eigenvalue weighted by Crippen LogP contribution is -2.42. The van der Waals surface area contributed by atoms with Crippen molar-refractivity contribution in [3.8, 4) is 11.5 Å². The molecule has 5 amide bonds. The summed E-state index contributed by atoms with van der Waals surface area (Å²) in [5.74, 6) is -1.23. The summed E-state index contributed by atoms with van der Waals surface area (Å²) in [6.07, 6.45) is 0. The number of hydrogen-bond acceptors (Lipinski definition) is 6. The first-order valence-electron chi connectivity index (χ1n) is 8.37. The number of rotatable bonds is 7. The maximum Gasteiger partial charge on any atom is 0.334 e. The quantitative estimate of drug-likeness (QED) is 0.515. The molecule has 0 atom stereocenters. The zero-order valence-corrected chi connectivity index (χ0v) is 16.1. The van der Waals surface area contributed by atoms with E-state index in [1.807, 2.05) is 6.92 Å². The van der Waals surface area contributed by atoms with E-state index in [0.29, 0.717) is 16.4 Å². The zero-order valence-electron chi connectivity index (χ0n) is 16.1. The summed E-state index contributed by atoms with van der Waals surface area (Å²) in [4.78, 5) is 51.1. The Kier molecular flexibility index (Phi) is 6.04. The van der Waals surface area contributed by atoms with E-state index in [1.165, 1.54) is 19.1 Å². The lowest BCUT2D eigenvalue weighted by Gasteiger charge is -2.22. The van der Waals surface area contributed by atoms with Crippen LogP contribution in [-0.4, -0.2) is 72.8 Å². The van der Waals surface area contributed by atoms with E-state index in [-0.39, 0.29) is 13.1 Å². The van der Waals surface area contributed by atoms with E-state index in [0.717, 1.165) is 16.0 Å². The van der Waals surface area contributed by atoms with Gasteiger partial charge in [0.2, 0.25) is 5.91 Å². The summed E-state index contributed by atoms with van der Waals surface area (Å²) in [5, 5.41) is 0. The third-order valence-corrected chi connectivity index (χ3v) is 4.42. The van der Waals surface area contributed by atoms with Gasteiger partial charge in [0.05, 0.1) is 14.2 Å². The largest absolute Gasteiger partial charge is 0.493 e. The normalized spacial score (nSPS) is 14.0. The minimum absolute atomic E-state index is 0.0781. The molecule has 1 aromatic carbocycles. The third-order valence-electron chi connectivity index (χ3n) is 4.42. The molecule has 1 saturated heterocycles. The van der Waals surface area contributed by atoms with Crippen molar-refractivity contribution < 1.29 is 28.7 Å². The number of hydrogen-bond donors (Lipinski definition) is 0. The fourth-order valence-corrected chi connectivity index (χ4v) is 2.76. The van der Waals surface area contributed by atoms with Crippen LogP contribution in [0.5, 0.6) is 11.5 Å². The van der Waals surface area contributed by atoms with Gasteiger partial charge < -0.3 is 14.4 Å². The van der Waals surface area contributed by atoms with Gasteiger partial charge in [0.25, 0.3) is 0 Å². The number of methoxy groups -OCH3 is 2. The van der Waals surface area contributed by atoms with E-state index >= 15 is 0 Å². The Labute approximate surface area is 157 Å². The summed E-state index contributed by atoms with van der Waals surface area (Å²) in [7, 11) is 4.62. The van der Waals surface area contributed by atoms with Gasteiger partial charge >= 0.3 is 17.8 Å². The second-order valence-corrected chi connectivity index (χ2v) is 6.11. The van der Waals surface area contributed by atoms with Gasteiger partial charge in [0.15, 0.2) is 11.5 Å². The fraction of sp³-hybridized carbons (Fsp3) is 0.444. The van der Waals surface area contributed by atoms with Crippen LogP contribution in [-0.2, 0) is 20.9 Å². The van der Waals surface area contributed by atoms with Gasteiger partial charge in [-0.2, -0.15) is 0 Å². The Hall–Kier alpha value is -3.10. The minimum atomic E-state index is -0.981. The van der Waals surface area contributed by atoms with Crippen molar-refractivity contribution in [3.05, 3.63) is 23.3 Å². The van der Waals surface area contributed by atoms with Crippen LogP contribution >= 0.6 is 0 Å². The van der Waals surface area contributed by atoms with Crippen molar-refractivity contribution in [2.24, 2.45) is 0 Å². The van der Waals surface area contributed by atoms with Crippen molar-refractivity contribution in [2.75, 3.05) is 34.4 Å². The maximum absolute atomic E-state index is 12.5. The van der Waals surface area contributed by atoms with E-state index in [1.54, 1.807) is 26.1 Å². The van der Waals surface area contributed by atoms with Crippen LogP contribution in [0.2, 0.25) is 0 Å². The van der Waals surface area contributed by atoms with Crippen LogP contribution in [0.15, 0.2) is 12.1 Å². The standard InChI is InChI=1S/C18H23N3O6/c1-6-20-16(23)17(24)21(18(20)25)10-15(22)19(3)9-12-8-14(27-5)13(26-4)7-11(12)2/h7-8H,6,9-10H2,1-5H3. The number of aryl methyl sites for hydroxylation is 1. The lowest BCUT2D eigenvalue weighted by molar-refractivity contribution is -0.144. The van der Waals surface area contributed by atoms with E-state index in [4.69, 9.17) is 9.47 Å². The van der Waals surface area contributed by atoms with Gasteiger partial charge in [0, 0.05) is 20.1 Å². The summed E-state index contributed by atoms with van der Waals surface area (Å²) < 4.78 is 10.5. The summed E-state index contributed by atoms with van der Waals surface area (Å²) in [5.41, 5.74) is 1.72. The highest BCUT2D eigenvalue weighted by Crippen LogP contribution is 2.30. The lowest BCUT2D eigenvalue weighted by atomic mass is 10.1. The van der Waals surface area contributed by atoms with Crippen molar-refractivity contribution in [2.45, 2.75) is 20.4 Å². The smallest absolute Gasteiger partial charge is 0.334 e. The van der Waals surface area contributed by atoms with Gasteiger partial charge in [-0.25, -0.2) is 9.69 Å². The Morgan fingerprint density at radius 3 is 2.11 bits per heavy atom. The molecule has 0 aromatic heterocycles. The molecular formula is C18H23N3O6. The van der Waals surface area contributed by atoms with Crippen LogP contribution < -0.4 is 9.47 Å². The molecule has 0 saturated carbocycles. The van der Waals surface area contributed by atoms with Crippen LogP contribution in [0.25, 0.3) is 0 Å². The second-order valence-electron chi connectivity index (χ2n) is 6.11. The number of likely N-dealkylation sites (N-methyl/N-ethyl adjacent to an activating group) is 2. The molecule has 146 valence electrons. The van der Waals surface area contributed by atoms with Crippen molar-refractivity contribution in [1.29, 1.82) is 0 Å². The first-order valence-corrected chi connectivity index (χ1v) is 8.37. The molecule has 0 N–H and O–H groups in total. The molecular weight excluding hydrogens is 354 g/mol. The number of carbonyl (C=O) groups is 4. The monoisotopic (exact) mass is 377 g/mol. The molecule has 0 spiro atoms. The Morgan fingerprint density at radius 1 is 1.04 bits per heavy atom. The van der Waals surface area contributed by atoms with Crippen LogP contribution in [0.1, 0.15) is 18.1 Å². The van der Waals surface area contributed by atoms with Crippen LogP contribution in [0.3, 0.4) is 0 Å². The maximum atomic E-state index is 12.5. The van der Waals surface area contributed by atoms with E-state index < -0.39 is 30.3 Å². The first kappa shape index (κ1) is 20.2. The third kappa shape index (κ3) is 3.86. The predicted molar refractivity (Wildman–Crippen MR) is 95.3 cm³/mol. The number of amides is 5. The number of benzene rings is 1. The molecule has 0 bridgehead atoms. The Balaban J connectivity index is 2.12.